The molecule has 0 aromatic carbocycles. The van der Waals surface area contributed by atoms with E-state index < -0.39 is 29.7 Å². The number of carbonyl (C=O) groups excluding carboxylic acids is 2. The molecule has 1 saturated carbocycles. The largest absolute Gasteiger partial charge is 0.364 e. The van der Waals surface area contributed by atoms with Crippen molar-refractivity contribution in [1.82, 2.24) is 10.3 Å². The quantitative estimate of drug-likeness (QED) is 0.795. The van der Waals surface area contributed by atoms with Crippen molar-refractivity contribution in [1.29, 1.82) is 5.26 Å². The van der Waals surface area contributed by atoms with Crippen molar-refractivity contribution in [3.8, 4) is 6.07 Å². The Morgan fingerprint density at radius 3 is 2.74 bits per heavy atom. The molecule has 0 radical (unpaired) electrons. The minimum Gasteiger partial charge on any atom is -0.364 e. The van der Waals surface area contributed by atoms with Crippen LogP contribution in [0.4, 0.5) is 8.78 Å². The van der Waals surface area contributed by atoms with Gasteiger partial charge >= 0.3 is 0 Å². The van der Waals surface area contributed by atoms with E-state index in [0.717, 1.165) is 18.3 Å². The van der Waals surface area contributed by atoms with Gasteiger partial charge in [0, 0.05) is 24.6 Å². The predicted octanol–water partition coefficient (Wildman–Crippen LogP) is 1.61. The molecule has 1 heterocycles. The third-order valence-electron chi connectivity index (χ3n) is 3.67. The number of rotatable bonds is 7. The fraction of sp³-hybridized carbons (Fsp3) is 0.467. The Morgan fingerprint density at radius 2 is 2.17 bits per heavy atom. The van der Waals surface area contributed by atoms with Crippen LogP contribution < -0.4 is 11.1 Å². The summed E-state index contributed by atoms with van der Waals surface area (Å²) in [4.78, 5) is 26.2. The van der Waals surface area contributed by atoms with Gasteiger partial charge in [-0.2, -0.15) is 5.26 Å². The molecule has 0 bridgehead atoms. The SMILES string of the molecule is N#CC1(NC(=O)CCCC(F)(F)c2ccnc(C(N)=O)c2)CC1. The lowest BCUT2D eigenvalue weighted by Gasteiger charge is -2.17. The second-order valence-electron chi connectivity index (χ2n) is 5.59. The van der Waals surface area contributed by atoms with Crippen LogP contribution in [0.3, 0.4) is 0 Å². The summed E-state index contributed by atoms with van der Waals surface area (Å²) in [6.07, 6.45) is 1.60. The van der Waals surface area contributed by atoms with E-state index in [2.05, 4.69) is 10.3 Å². The van der Waals surface area contributed by atoms with Crippen LogP contribution in [0.1, 0.15) is 48.2 Å². The number of hydrogen-bond donors (Lipinski definition) is 2. The molecule has 3 N–H and O–H groups in total. The van der Waals surface area contributed by atoms with Gasteiger partial charge in [0.2, 0.25) is 5.91 Å². The van der Waals surface area contributed by atoms with E-state index in [1.807, 2.05) is 6.07 Å². The van der Waals surface area contributed by atoms with Crippen molar-refractivity contribution in [3.63, 3.8) is 0 Å². The van der Waals surface area contributed by atoms with Gasteiger partial charge in [0.1, 0.15) is 11.2 Å². The molecule has 2 rings (SSSR count). The number of nitrogens with two attached hydrogens (primary N) is 1. The van der Waals surface area contributed by atoms with E-state index in [1.54, 1.807) is 0 Å². The third kappa shape index (κ3) is 4.22. The number of nitrogens with zero attached hydrogens (tertiary/aromatic N) is 2. The molecule has 1 aromatic heterocycles. The highest BCUT2D eigenvalue weighted by Gasteiger charge is 2.44. The van der Waals surface area contributed by atoms with E-state index in [4.69, 9.17) is 11.0 Å². The summed E-state index contributed by atoms with van der Waals surface area (Å²) < 4.78 is 28.2. The van der Waals surface area contributed by atoms with Gasteiger partial charge in [-0.15, -0.1) is 0 Å². The lowest BCUT2D eigenvalue weighted by atomic mass is 10.0. The molecular weight excluding hydrogens is 306 g/mol. The van der Waals surface area contributed by atoms with E-state index in [0.29, 0.717) is 12.8 Å². The first-order valence-electron chi connectivity index (χ1n) is 7.14. The number of halogens is 2. The average Bonchev–Trinajstić information content (AvgIpc) is 3.27. The number of amides is 2. The minimum atomic E-state index is -3.19. The highest BCUT2D eigenvalue weighted by Crippen LogP contribution is 2.35. The summed E-state index contributed by atoms with van der Waals surface area (Å²) in [7, 11) is 0. The summed E-state index contributed by atoms with van der Waals surface area (Å²) in [6, 6.07) is 4.07. The molecule has 0 spiro atoms. The maximum absolute atomic E-state index is 14.1. The van der Waals surface area contributed by atoms with Crippen molar-refractivity contribution in [2.45, 2.75) is 43.6 Å². The van der Waals surface area contributed by atoms with Gasteiger partial charge in [0.05, 0.1) is 6.07 Å². The number of hydrogen-bond acceptors (Lipinski definition) is 4. The van der Waals surface area contributed by atoms with Gasteiger partial charge in [-0.05, 0) is 31.4 Å². The summed E-state index contributed by atoms with van der Waals surface area (Å²) in [6.45, 7) is 0. The molecule has 1 fully saturated rings. The maximum Gasteiger partial charge on any atom is 0.273 e. The number of pyridine rings is 1. The van der Waals surface area contributed by atoms with Gasteiger partial charge < -0.3 is 11.1 Å². The van der Waals surface area contributed by atoms with E-state index in [-0.39, 0.29) is 24.1 Å². The van der Waals surface area contributed by atoms with Gasteiger partial charge in [-0.1, -0.05) is 0 Å². The molecule has 0 unspecified atom stereocenters. The topological polar surface area (TPSA) is 109 Å². The number of primary amides is 1. The molecule has 122 valence electrons. The Kier molecular flexibility index (Phi) is 4.59. The Bertz CT molecular complexity index is 666. The van der Waals surface area contributed by atoms with Crippen LogP contribution in [0, 0.1) is 11.3 Å². The van der Waals surface area contributed by atoms with Crippen LogP contribution in [0.5, 0.6) is 0 Å². The fourth-order valence-corrected chi connectivity index (χ4v) is 2.13. The normalized spacial score (nSPS) is 15.5. The molecule has 8 heteroatoms. The van der Waals surface area contributed by atoms with Gasteiger partial charge in [0.15, 0.2) is 0 Å². The lowest BCUT2D eigenvalue weighted by Crippen LogP contribution is -2.35. The molecule has 1 aliphatic carbocycles. The zero-order chi connectivity index (χ0) is 17.1. The molecule has 2 amide bonds. The summed E-state index contributed by atoms with van der Waals surface area (Å²) in [5, 5.41) is 11.4. The van der Waals surface area contributed by atoms with Crippen molar-refractivity contribution in [3.05, 3.63) is 29.6 Å². The van der Waals surface area contributed by atoms with Crippen LogP contribution in [-0.2, 0) is 10.7 Å². The Morgan fingerprint density at radius 1 is 1.48 bits per heavy atom. The summed E-state index contributed by atoms with van der Waals surface area (Å²) in [5.41, 5.74) is 3.63. The fourth-order valence-electron chi connectivity index (χ4n) is 2.13. The predicted molar refractivity (Wildman–Crippen MR) is 76.2 cm³/mol. The number of carbonyl (C=O) groups is 2. The number of nitriles is 1. The van der Waals surface area contributed by atoms with Crippen LogP contribution in [0.15, 0.2) is 18.3 Å². The first-order chi connectivity index (χ1) is 10.8. The Hall–Kier alpha value is -2.56. The lowest BCUT2D eigenvalue weighted by molar-refractivity contribution is -0.122. The first-order valence-corrected chi connectivity index (χ1v) is 7.14. The molecular formula is C15H16F2N4O2. The van der Waals surface area contributed by atoms with Crippen molar-refractivity contribution in [2.75, 3.05) is 0 Å². The van der Waals surface area contributed by atoms with E-state index in [9.17, 15) is 18.4 Å². The number of nitrogens with one attached hydrogen (secondary N) is 1. The zero-order valence-electron chi connectivity index (χ0n) is 12.3. The smallest absolute Gasteiger partial charge is 0.273 e. The molecule has 1 aliphatic rings. The Labute approximate surface area is 131 Å². The van der Waals surface area contributed by atoms with Crippen molar-refractivity contribution in [2.24, 2.45) is 5.73 Å². The number of alkyl halides is 2. The zero-order valence-corrected chi connectivity index (χ0v) is 12.3. The Balaban J connectivity index is 1.89. The van der Waals surface area contributed by atoms with Gasteiger partial charge in [0.25, 0.3) is 11.8 Å². The van der Waals surface area contributed by atoms with Crippen LogP contribution >= 0.6 is 0 Å². The minimum absolute atomic E-state index is 0.0471. The number of aromatic nitrogens is 1. The van der Waals surface area contributed by atoms with Gasteiger partial charge in [-0.3, -0.25) is 14.6 Å². The molecule has 6 nitrogen and oxygen atoms in total. The highest BCUT2D eigenvalue weighted by molar-refractivity contribution is 5.90. The molecule has 0 atom stereocenters. The van der Waals surface area contributed by atoms with Crippen molar-refractivity contribution >= 4 is 11.8 Å². The second kappa shape index (κ2) is 6.28. The van der Waals surface area contributed by atoms with Crippen LogP contribution in [0.25, 0.3) is 0 Å². The van der Waals surface area contributed by atoms with Crippen LogP contribution in [0.2, 0.25) is 0 Å². The van der Waals surface area contributed by atoms with Crippen LogP contribution in [-0.4, -0.2) is 22.3 Å². The maximum atomic E-state index is 14.1. The second-order valence-corrected chi connectivity index (χ2v) is 5.59. The first kappa shape index (κ1) is 16.8. The standard InChI is InChI=1S/C15H16F2N4O2/c16-15(17,10-3-7-20-11(8-10)13(19)23)4-1-2-12(22)21-14(9-18)5-6-14/h3,7-8H,1-2,4-6H2,(H2,19,23)(H,21,22). The summed E-state index contributed by atoms with van der Waals surface area (Å²) >= 11 is 0. The monoisotopic (exact) mass is 322 g/mol. The average molecular weight is 322 g/mol. The van der Waals surface area contributed by atoms with Gasteiger partial charge in [-0.25, -0.2) is 8.78 Å². The third-order valence-corrected chi connectivity index (χ3v) is 3.67. The molecule has 1 aromatic rings. The molecule has 0 saturated heterocycles. The van der Waals surface area contributed by atoms with E-state index in [1.165, 1.54) is 0 Å². The molecule has 23 heavy (non-hydrogen) atoms. The molecule has 0 aliphatic heterocycles. The summed E-state index contributed by atoms with van der Waals surface area (Å²) in [5.74, 6) is -4.49. The highest BCUT2D eigenvalue weighted by atomic mass is 19.3. The van der Waals surface area contributed by atoms with E-state index >= 15 is 0 Å². The van der Waals surface area contributed by atoms with Crippen molar-refractivity contribution < 1.29 is 18.4 Å².